The van der Waals surface area contributed by atoms with E-state index in [1.165, 1.54) is 7.11 Å². The molecule has 0 amide bonds. The summed E-state index contributed by atoms with van der Waals surface area (Å²) in [5, 5.41) is 26.0. The molecule has 7 nitrogen and oxygen atoms in total. The Hall–Kier alpha value is -3.92. The van der Waals surface area contributed by atoms with E-state index in [-0.39, 0.29) is 11.8 Å². The second kappa shape index (κ2) is 8.62. The maximum absolute atomic E-state index is 9.25. The number of nitrogens with two attached hydrogens (primary N) is 1. The van der Waals surface area contributed by atoms with Gasteiger partial charge in [-0.1, -0.05) is 0 Å². The van der Waals surface area contributed by atoms with Gasteiger partial charge in [0.25, 0.3) is 0 Å². The molecule has 1 atom stereocenters. The maximum Gasteiger partial charge on any atom is 0.123 e. The molecular weight excluding hydrogens is 378 g/mol. The summed E-state index contributed by atoms with van der Waals surface area (Å²) in [4.78, 5) is 0. The van der Waals surface area contributed by atoms with E-state index in [0.29, 0.717) is 33.9 Å². The number of methoxy groups -OCH3 is 1. The second-order valence-electron chi connectivity index (χ2n) is 6.97. The molecule has 0 aliphatic carbocycles. The molecule has 0 radical (unpaired) electrons. The number of hydrogen-bond donors (Lipinski definition) is 2. The highest BCUT2D eigenvalue weighted by Gasteiger charge is 2.17. The van der Waals surface area contributed by atoms with E-state index >= 15 is 0 Å². The molecule has 3 rings (SSSR count). The first-order valence-electron chi connectivity index (χ1n) is 9.37. The van der Waals surface area contributed by atoms with E-state index in [2.05, 4.69) is 16.3 Å². The fraction of sp³-hybridized carbons (Fsp3) is 0.217. The van der Waals surface area contributed by atoms with E-state index in [1.54, 1.807) is 42.6 Å². The molecule has 7 heteroatoms. The minimum absolute atomic E-state index is 0.180. The number of aromatic nitrogens is 2. The zero-order valence-electron chi connectivity index (χ0n) is 17.4. The highest BCUT2D eigenvalue weighted by atomic mass is 16.5. The van der Waals surface area contributed by atoms with Crippen LogP contribution in [0.15, 0.2) is 42.6 Å². The molecule has 0 bridgehead atoms. The van der Waals surface area contributed by atoms with Gasteiger partial charge in [0.05, 0.1) is 36.3 Å². The van der Waals surface area contributed by atoms with Gasteiger partial charge in [0.2, 0.25) is 0 Å². The topological polar surface area (TPSA) is 118 Å². The molecule has 0 saturated carbocycles. The van der Waals surface area contributed by atoms with Gasteiger partial charge in [-0.3, -0.25) is 5.41 Å². The summed E-state index contributed by atoms with van der Waals surface area (Å²) < 4.78 is 11.4. The monoisotopic (exact) mass is 401 g/mol. The van der Waals surface area contributed by atoms with Crippen molar-refractivity contribution in [2.45, 2.75) is 26.9 Å². The first-order chi connectivity index (χ1) is 14.3. The Morgan fingerprint density at radius 3 is 2.60 bits per heavy atom. The van der Waals surface area contributed by atoms with E-state index in [9.17, 15) is 5.26 Å². The van der Waals surface area contributed by atoms with E-state index in [4.69, 9.17) is 20.6 Å². The smallest absolute Gasteiger partial charge is 0.123 e. The van der Waals surface area contributed by atoms with Crippen molar-refractivity contribution in [3.8, 4) is 17.6 Å². The van der Waals surface area contributed by atoms with E-state index in [1.807, 2.05) is 20.8 Å². The molecule has 3 aromatic rings. The molecule has 0 aliphatic rings. The average molecular weight is 401 g/mol. The number of hydrogen-bond acceptors (Lipinski definition) is 7. The molecular formula is C23H23N5O2. The van der Waals surface area contributed by atoms with Crippen LogP contribution in [0.25, 0.3) is 0 Å². The largest absolute Gasteiger partial charge is 0.497 e. The lowest BCUT2D eigenvalue weighted by molar-refractivity contribution is 0.224. The number of ether oxygens (including phenoxy) is 2. The first-order valence-corrected chi connectivity index (χ1v) is 9.37. The molecule has 0 spiro atoms. The van der Waals surface area contributed by atoms with Crippen molar-refractivity contribution in [2.24, 2.45) is 0 Å². The number of nitrogens with one attached hydrogen (secondary N) is 1. The number of nitrogens with zero attached hydrogens (tertiary/aromatic N) is 3. The van der Waals surface area contributed by atoms with Crippen LogP contribution in [0.4, 0.5) is 5.69 Å². The van der Waals surface area contributed by atoms with Gasteiger partial charge in [0, 0.05) is 22.4 Å². The Labute approximate surface area is 175 Å². The molecule has 0 fully saturated rings. The summed E-state index contributed by atoms with van der Waals surface area (Å²) in [6, 6.07) is 12.3. The van der Waals surface area contributed by atoms with Gasteiger partial charge < -0.3 is 15.2 Å². The Balaban J connectivity index is 1.94. The third-order valence-corrected chi connectivity index (χ3v) is 4.85. The predicted octanol–water partition coefficient (Wildman–Crippen LogP) is 4.11. The van der Waals surface area contributed by atoms with Crippen molar-refractivity contribution in [2.75, 3.05) is 12.8 Å². The number of nitriles is 1. The molecule has 3 N–H and O–H groups in total. The molecule has 0 saturated heterocycles. The van der Waals surface area contributed by atoms with Crippen molar-refractivity contribution < 1.29 is 9.47 Å². The van der Waals surface area contributed by atoms with Gasteiger partial charge in [-0.25, -0.2) is 0 Å². The molecule has 30 heavy (non-hydrogen) atoms. The third kappa shape index (κ3) is 4.23. The van der Waals surface area contributed by atoms with Gasteiger partial charge >= 0.3 is 0 Å². The highest BCUT2D eigenvalue weighted by molar-refractivity contribution is 6.14. The van der Waals surface area contributed by atoms with Crippen LogP contribution < -0.4 is 15.2 Å². The standard InChI is InChI=1S/C23H23N5O2/c1-13-12-27-28-14(2)22(13)15(3)30-18-5-6-21(25)20(10-18)23(26)17-7-16(11-24)8-19(9-17)29-4/h5-10,12,15,26H,25H2,1-4H3. The summed E-state index contributed by atoms with van der Waals surface area (Å²) >= 11 is 0. The molecule has 1 unspecified atom stereocenters. The minimum Gasteiger partial charge on any atom is -0.497 e. The fourth-order valence-electron chi connectivity index (χ4n) is 3.40. The molecule has 1 heterocycles. The summed E-state index contributed by atoms with van der Waals surface area (Å²) in [6.45, 7) is 5.81. The van der Waals surface area contributed by atoms with Crippen molar-refractivity contribution in [1.82, 2.24) is 10.2 Å². The van der Waals surface area contributed by atoms with Crippen LogP contribution in [0.3, 0.4) is 0 Å². The normalized spacial score (nSPS) is 11.4. The Bertz CT molecular complexity index is 1130. The minimum atomic E-state index is -0.256. The number of aryl methyl sites for hydroxylation is 2. The van der Waals surface area contributed by atoms with Crippen LogP contribution in [0.5, 0.6) is 11.5 Å². The van der Waals surface area contributed by atoms with Gasteiger partial charge in [0.15, 0.2) is 0 Å². The van der Waals surface area contributed by atoms with Crippen LogP contribution in [-0.2, 0) is 0 Å². The van der Waals surface area contributed by atoms with Crippen LogP contribution in [0, 0.1) is 30.6 Å². The fourth-order valence-corrected chi connectivity index (χ4v) is 3.40. The SMILES string of the molecule is COc1cc(C#N)cc(C(=N)c2cc(OC(C)c3c(C)cnnc3C)ccc2N)c1. The van der Waals surface area contributed by atoms with Crippen molar-refractivity contribution in [3.05, 3.63) is 76.1 Å². The average Bonchev–Trinajstić information content (AvgIpc) is 2.74. The van der Waals surface area contributed by atoms with Gasteiger partial charge in [0.1, 0.15) is 17.6 Å². The lowest BCUT2D eigenvalue weighted by Gasteiger charge is -2.19. The molecule has 2 aromatic carbocycles. The Morgan fingerprint density at radius 1 is 1.17 bits per heavy atom. The van der Waals surface area contributed by atoms with E-state index in [0.717, 1.165) is 16.8 Å². The summed E-state index contributed by atoms with van der Waals surface area (Å²) in [6.07, 6.45) is 1.45. The first kappa shape index (κ1) is 20.8. The van der Waals surface area contributed by atoms with E-state index < -0.39 is 0 Å². The number of benzene rings is 2. The maximum atomic E-state index is 9.25. The third-order valence-electron chi connectivity index (χ3n) is 4.85. The van der Waals surface area contributed by atoms with Gasteiger partial charge in [-0.15, -0.1) is 0 Å². The number of anilines is 1. The number of rotatable bonds is 6. The summed E-state index contributed by atoms with van der Waals surface area (Å²) in [5.74, 6) is 1.08. The highest BCUT2D eigenvalue weighted by Crippen LogP contribution is 2.29. The lowest BCUT2D eigenvalue weighted by Crippen LogP contribution is -2.11. The summed E-state index contributed by atoms with van der Waals surface area (Å²) in [7, 11) is 1.52. The molecule has 1 aromatic heterocycles. The van der Waals surface area contributed by atoms with Gasteiger partial charge in [-0.05, 0) is 62.7 Å². The van der Waals surface area contributed by atoms with Crippen LogP contribution in [-0.4, -0.2) is 23.0 Å². The Morgan fingerprint density at radius 2 is 1.93 bits per heavy atom. The molecule has 152 valence electrons. The zero-order valence-corrected chi connectivity index (χ0v) is 17.4. The Kier molecular flexibility index (Phi) is 5.98. The predicted molar refractivity (Wildman–Crippen MR) is 115 cm³/mol. The van der Waals surface area contributed by atoms with Crippen LogP contribution in [0.1, 0.15) is 46.5 Å². The van der Waals surface area contributed by atoms with Crippen molar-refractivity contribution in [1.29, 1.82) is 10.7 Å². The van der Waals surface area contributed by atoms with Crippen LogP contribution >= 0.6 is 0 Å². The number of nitrogen functional groups attached to an aromatic ring is 1. The van der Waals surface area contributed by atoms with Crippen molar-refractivity contribution in [3.63, 3.8) is 0 Å². The van der Waals surface area contributed by atoms with Crippen LogP contribution in [0.2, 0.25) is 0 Å². The van der Waals surface area contributed by atoms with Crippen molar-refractivity contribution >= 4 is 11.4 Å². The zero-order chi connectivity index (χ0) is 21.8. The molecule has 0 aliphatic heterocycles. The second-order valence-corrected chi connectivity index (χ2v) is 6.97. The quantitative estimate of drug-likeness (QED) is 0.474. The van der Waals surface area contributed by atoms with Gasteiger partial charge in [-0.2, -0.15) is 15.5 Å². The lowest BCUT2D eigenvalue weighted by atomic mass is 9.98. The summed E-state index contributed by atoms with van der Waals surface area (Å²) in [5.41, 5.74) is 11.0.